The molecule has 2 rings (SSSR count). The Morgan fingerprint density at radius 1 is 1.00 bits per heavy atom. The highest BCUT2D eigenvalue weighted by Crippen LogP contribution is 2.22. The molecule has 0 amide bonds. The second-order valence-corrected chi connectivity index (χ2v) is 4.22. The highest BCUT2D eigenvalue weighted by Gasteiger charge is 2.02. The zero-order valence-electron chi connectivity index (χ0n) is 10.7. The monoisotopic (exact) mass is 252 g/mol. The fraction of sp³-hybridized carbons (Fsp3) is 0.0667. The fourth-order valence-corrected chi connectivity index (χ4v) is 1.76. The maximum atomic E-state index is 5.24. The van der Waals surface area contributed by atoms with Crippen LogP contribution in [0.2, 0.25) is 0 Å². The topological polar surface area (TPSA) is 76.8 Å². The van der Waals surface area contributed by atoms with Crippen molar-refractivity contribution in [2.24, 2.45) is 21.7 Å². The molecule has 4 nitrogen and oxygen atoms in total. The summed E-state index contributed by atoms with van der Waals surface area (Å²) < 4.78 is 0. The van der Waals surface area contributed by atoms with Crippen molar-refractivity contribution in [3.05, 3.63) is 59.7 Å². The lowest BCUT2D eigenvalue weighted by atomic mass is 9.99. The number of guanidine groups is 1. The van der Waals surface area contributed by atoms with Crippen molar-refractivity contribution < 1.29 is 0 Å². The first-order valence-corrected chi connectivity index (χ1v) is 5.95. The Balaban J connectivity index is 2.38. The number of benzene rings is 2. The lowest BCUT2D eigenvalue weighted by Gasteiger charge is -2.05. The number of hydrogen-bond donors (Lipinski definition) is 2. The quantitative estimate of drug-likeness (QED) is 0.499. The van der Waals surface area contributed by atoms with Crippen LogP contribution in [0, 0.1) is 6.92 Å². The summed E-state index contributed by atoms with van der Waals surface area (Å²) in [6, 6.07) is 16.3. The number of aryl methyl sites for hydroxylation is 1. The molecule has 19 heavy (non-hydrogen) atoms. The van der Waals surface area contributed by atoms with E-state index in [1.54, 1.807) is 6.21 Å². The summed E-state index contributed by atoms with van der Waals surface area (Å²) in [5, 5.41) is 7.47. The third-order valence-corrected chi connectivity index (χ3v) is 2.69. The third-order valence-electron chi connectivity index (χ3n) is 2.69. The van der Waals surface area contributed by atoms with Crippen molar-refractivity contribution in [3.63, 3.8) is 0 Å². The SMILES string of the molecule is Cc1ccc(-c2ccccc2C=NN=C(N)N)cc1. The Bertz CT molecular complexity index is 608. The molecule has 4 heteroatoms. The minimum absolute atomic E-state index is 0.0518. The predicted molar refractivity (Wildman–Crippen MR) is 80.0 cm³/mol. The van der Waals surface area contributed by atoms with Crippen LogP contribution in [0.4, 0.5) is 0 Å². The van der Waals surface area contributed by atoms with Gasteiger partial charge < -0.3 is 11.5 Å². The Morgan fingerprint density at radius 3 is 2.37 bits per heavy atom. The zero-order chi connectivity index (χ0) is 13.7. The average Bonchev–Trinajstić information content (AvgIpc) is 2.40. The van der Waals surface area contributed by atoms with E-state index in [1.807, 2.05) is 24.3 Å². The molecule has 0 bridgehead atoms. The molecule has 0 saturated heterocycles. The van der Waals surface area contributed by atoms with Gasteiger partial charge in [-0.1, -0.05) is 54.1 Å². The number of nitrogens with two attached hydrogens (primary N) is 2. The molecule has 0 aromatic heterocycles. The van der Waals surface area contributed by atoms with Crippen LogP contribution in [0.1, 0.15) is 11.1 Å². The lowest BCUT2D eigenvalue weighted by molar-refractivity contribution is 1.21. The lowest BCUT2D eigenvalue weighted by Crippen LogP contribution is -2.21. The highest BCUT2D eigenvalue weighted by molar-refractivity contribution is 5.90. The molecule has 2 aromatic carbocycles. The van der Waals surface area contributed by atoms with Gasteiger partial charge in [-0.15, -0.1) is 5.10 Å². The van der Waals surface area contributed by atoms with E-state index in [0.29, 0.717) is 0 Å². The maximum absolute atomic E-state index is 5.24. The summed E-state index contributed by atoms with van der Waals surface area (Å²) in [7, 11) is 0. The maximum Gasteiger partial charge on any atom is 0.211 e. The summed E-state index contributed by atoms with van der Waals surface area (Å²) in [5.74, 6) is -0.0518. The normalized spacial score (nSPS) is 10.6. The van der Waals surface area contributed by atoms with Crippen LogP contribution >= 0.6 is 0 Å². The molecule has 0 spiro atoms. The zero-order valence-corrected chi connectivity index (χ0v) is 10.7. The summed E-state index contributed by atoms with van der Waals surface area (Å²) in [5.41, 5.74) is 14.9. The molecule has 0 radical (unpaired) electrons. The van der Waals surface area contributed by atoms with Crippen molar-refractivity contribution >= 4 is 12.2 Å². The number of hydrogen-bond acceptors (Lipinski definition) is 2. The molecule has 2 aromatic rings. The smallest absolute Gasteiger partial charge is 0.211 e. The predicted octanol–water partition coefficient (Wildman–Crippen LogP) is 2.27. The second kappa shape index (κ2) is 5.82. The summed E-state index contributed by atoms with van der Waals surface area (Å²) in [4.78, 5) is 0. The Hall–Kier alpha value is -2.62. The van der Waals surface area contributed by atoms with E-state index in [4.69, 9.17) is 11.5 Å². The minimum atomic E-state index is -0.0518. The number of rotatable bonds is 3. The largest absolute Gasteiger partial charge is 0.369 e. The molecule has 4 N–H and O–H groups in total. The van der Waals surface area contributed by atoms with Crippen LogP contribution < -0.4 is 11.5 Å². The van der Waals surface area contributed by atoms with Crippen molar-refractivity contribution in [1.82, 2.24) is 0 Å². The molecule has 0 aliphatic rings. The van der Waals surface area contributed by atoms with Crippen LogP contribution in [0.15, 0.2) is 58.7 Å². The van der Waals surface area contributed by atoms with Crippen LogP contribution in [0.5, 0.6) is 0 Å². The van der Waals surface area contributed by atoms with Crippen LogP contribution in [0.3, 0.4) is 0 Å². The summed E-state index contributed by atoms with van der Waals surface area (Å²) in [6.45, 7) is 2.07. The van der Waals surface area contributed by atoms with Gasteiger partial charge in [-0.2, -0.15) is 5.10 Å². The van der Waals surface area contributed by atoms with Gasteiger partial charge in [0.2, 0.25) is 5.96 Å². The molecular formula is C15H16N4. The standard InChI is InChI=1S/C15H16N4/c1-11-6-8-12(9-7-11)14-5-3-2-4-13(14)10-18-19-15(16)17/h2-10H,1H3,(H4,16,17,19). The van der Waals surface area contributed by atoms with Crippen molar-refractivity contribution in [2.45, 2.75) is 6.92 Å². The number of nitrogens with zero attached hydrogens (tertiary/aromatic N) is 2. The molecule has 0 unspecified atom stereocenters. The van der Waals surface area contributed by atoms with E-state index in [0.717, 1.165) is 16.7 Å². The second-order valence-electron chi connectivity index (χ2n) is 4.22. The molecular weight excluding hydrogens is 236 g/mol. The van der Waals surface area contributed by atoms with Crippen LogP contribution in [-0.2, 0) is 0 Å². The molecule has 96 valence electrons. The van der Waals surface area contributed by atoms with Gasteiger partial charge in [0.1, 0.15) is 0 Å². The first-order chi connectivity index (χ1) is 9.16. The average molecular weight is 252 g/mol. The van der Waals surface area contributed by atoms with Gasteiger partial charge in [-0.25, -0.2) is 0 Å². The van der Waals surface area contributed by atoms with Crippen molar-refractivity contribution in [3.8, 4) is 11.1 Å². The minimum Gasteiger partial charge on any atom is -0.369 e. The van der Waals surface area contributed by atoms with Gasteiger partial charge >= 0.3 is 0 Å². The van der Waals surface area contributed by atoms with Gasteiger partial charge in [-0.05, 0) is 18.1 Å². The molecule has 0 saturated carbocycles. The Morgan fingerprint density at radius 2 is 1.68 bits per heavy atom. The molecule has 0 atom stereocenters. The van der Waals surface area contributed by atoms with Gasteiger partial charge in [0.05, 0.1) is 6.21 Å². The van der Waals surface area contributed by atoms with Crippen LogP contribution in [-0.4, -0.2) is 12.2 Å². The third kappa shape index (κ3) is 3.42. The summed E-state index contributed by atoms with van der Waals surface area (Å²) >= 11 is 0. The van der Waals surface area contributed by atoms with Gasteiger partial charge in [0.25, 0.3) is 0 Å². The van der Waals surface area contributed by atoms with Crippen LogP contribution in [0.25, 0.3) is 11.1 Å². The Kier molecular flexibility index (Phi) is 3.93. The van der Waals surface area contributed by atoms with E-state index in [-0.39, 0.29) is 5.96 Å². The molecule has 0 aliphatic heterocycles. The van der Waals surface area contributed by atoms with Gasteiger partial charge in [0, 0.05) is 5.56 Å². The highest BCUT2D eigenvalue weighted by atomic mass is 15.3. The fourth-order valence-electron chi connectivity index (χ4n) is 1.76. The van der Waals surface area contributed by atoms with Gasteiger partial charge in [0.15, 0.2) is 0 Å². The molecule has 0 aliphatic carbocycles. The Labute approximate surface area is 112 Å². The first-order valence-electron chi connectivity index (χ1n) is 5.95. The van der Waals surface area contributed by atoms with Gasteiger partial charge in [-0.3, -0.25) is 0 Å². The molecule has 0 heterocycles. The van der Waals surface area contributed by atoms with E-state index < -0.39 is 0 Å². The van der Waals surface area contributed by atoms with E-state index in [9.17, 15) is 0 Å². The van der Waals surface area contributed by atoms with E-state index in [2.05, 4.69) is 41.4 Å². The summed E-state index contributed by atoms with van der Waals surface area (Å²) in [6.07, 6.45) is 1.65. The first kappa shape index (κ1) is 12.8. The van der Waals surface area contributed by atoms with E-state index >= 15 is 0 Å². The van der Waals surface area contributed by atoms with Crippen molar-refractivity contribution in [2.75, 3.05) is 0 Å². The van der Waals surface area contributed by atoms with Crippen molar-refractivity contribution in [1.29, 1.82) is 0 Å². The van der Waals surface area contributed by atoms with E-state index in [1.165, 1.54) is 5.56 Å². The molecule has 0 fully saturated rings.